The minimum atomic E-state index is -4.71. The number of aliphatic hydroxyl groups excluding tert-OH is 1. The molecule has 4 heterocycles. The first kappa shape index (κ1) is 55.0. The topological polar surface area (TPSA) is 171 Å². The van der Waals surface area contributed by atoms with E-state index in [9.17, 15) is 42.7 Å². The van der Waals surface area contributed by atoms with Crippen molar-refractivity contribution in [1.29, 1.82) is 5.26 Å². The molecule has 2 saturated heterocycles. The average molecular weight is 1070 g/mol. The summed E-state index contributed by atoms with van der Waals surface area (Å²) in [6.45, 7) is 18.1. The number of benzene rings is 4. The van der Waals surface area contributed by atoms with E-state index in [2.05, 4.69) is 25.4 Å². The molecule has 3 atom stereocenters. The van der Waals surface area contributed by atoms with E-state index in [0.29, 0.717) is 11.1 Å². The Morgan fingerprint density at radius 2 is 1.62 bits per heavy atom. The van der Waals surface area contributed by atoms with Gasteiger partial charge in [-0.05, 0) is 96.9 Å². The van der Waals surface area contributed by atoms with Gasteiger partial charge in [0.25, 0.3) is 11.8 Å². The van der Waals surface area contributed by atoms with Gasteiger partial charge in [0, 0.05) is 85.9 Å². The molecule has 0 radical (unpaired) electrons. The van der Waals surface area contributed by atoms with Crippen LogP contribution in [0.2, 0.25) is 0 Å². The number of piperazine rings is 1. The molecule has 77 heavy (non-hydrogen) atoms. The Bertz CT molecular complexity index is 3040. The first-order valence-corrected chi connectivity index (χ1v) is 27.3. The highest BCUT2D eigenvalue weighted by Crippen LogP contribution is 2.56. The van der Waals surface area contributed by atoms with E-state index in [0.717, 1.165) is 96.2 Å². The van der Waals surface area contributed by atoms with E-state index in [1.165, 1.54) is 11.0 Å². The molecule has 9 rings (SSSR count). The molecule has 4 amide bonds. The van der Waals surface area contributed by atoms with Crippen LogP contribution in [0.25, 0.3) is 10.4 Å². The number of aryl methyl sites for hydroxylation is 2. The molecule has 3 aliphatic heterocycles. The van der Waals surface area contributed by atoms with Gasteiger partial charge in [-0.25, -0.2) is 4.98 Å². The summed E-state index contributed by atoms with van der Waals surface area (Å²) in [4.78, 5) is 69.1. The Morgan fingerprint density at radius 1 is 0.935 bits per heavy atom. The molecule has 18 heteroatoms. The van der Waals surface area contributed by atoms with Crippen molar-refractivity contribution in [2.75, 3.05) is 44.2 Å². The first-order valence-electron chi connectivity index (χ1n) is 26.4. The fourth-order valence-electron chi connectivity index (χ4n) is 12.3. The summed E-state index contributed by atoms with van der Waals surface area (Å²) in [7, 11) is 0. The third-order valence-electron chi connectivity index (χ3n) is 16.1. The van der Waals surface area contributed by atoms with Gasteiger partial charge in [0.15, 0.2) is 0 Å². The third-order valence-corrected chi connectivity index (χ3v) is 17.1. The van der Waals surface area contributed by atoms with E-state index in [-0.39, 0.29) is 67.4 Å². The number of alkyl halides is 3. The molecule has 5 aromatic rings. The molecule has 406 valence electrons. The predicted octanol–water partition coefficient (Wildman–Crippen LogP) is 8.63. The summed E-state index contributed by atoms with van der Waals surface area (Å²) in [5.41, 5.74) is 5.96. The van der Waals surface area contributed by atoms with Crippen molar-refractivity contribution < 1.29 is 42.2 Å². The number of carbonyl (C=O) groups excluding carboxylic acids is 4. The molecule has 1 saturated carbocycles. The van der Waals surface area contributed by atoms with E-state index < -0.39 is 52.4 Å². The Hall–Kier alpha value is -6.81. The predicted molar refractivity (Wildman–Crippen MR) is 288 cm³/mol. The molecule has 3 fully saturated rings. The highest BCUT2D eigenvalue weighted by molar-refractivity contribution is 7.13. The van der Waals surface area contributed by atoms with Gasteiger partial charge in [0.2, 0.25) is 11.8 Å². The van der Waals surface area contributed by atoms with Crippen molar-refractivity contribution >= 4 is 40.7 Å². The molecule has 1 aliphatic carbocycles. The van der Waals surface area contributed by atoms with Crippen LogP contribution in [0.4, 0.5) is 18.9 Å². The summed E-state index contributed by atoms with van der Waals surface area (Å²) < 4.78 is 47.1. The van der Waals surface area contributed by atoms with Crippen LogP contribution in [0.5, 0.6) is 5.75 Å². The van der Waals surface area contributed by atoms with Gasteiger partial charge in [-0.2, -0.15) is 18.4 Å². The number of nitrogens with zero attached hydrogens (tertiary/aromatic N) is 6. The molecular weight excluding hydrogens is 1010 g/mol. The first-order chi connectivity index (χ1) is 36.5. The largest absolute Gasteiger partial charge is 0.489 e. The zero-order chi connectivity index (χ0) is 55.1. The number of halogens is 3. The number of hydrogen-bond acceptors (Lipinski definition) is 11. The Morgan fingerprint density at radius 3 is 2.26 bits per heavy atom. The second-order valence-electron chi connectivity index (χ2n) is 22.5. The highest BCUT2D eigenvalue weighted by Gasteiger charge is 2.64. The van der Waals surface area contributed by atoms with Gasteiger partial charge in [0.05, 0.1) is 39.4 Å². The Balaban J connectivity index is 0.730. The van der Waals surface area contributed by atoms with Crippen LogP contribution in [-0.2, 0) is 35.3 Å². The SMILES string of the molecule is Cc1ncsc1-c1ccc(CNC(=O)[C@@H]2C[C@@H](O)CN2C(=O)[C@H](C(C)C)N2Cc3ccc(N4CCN(CCCc5ccc(C(=O)NC6C(C)(C)C(Oc7ccc(C#N)c(C(F)(F)F)c7)C6(C)C)cc5)CC4)cc3C2=O)cc1. The number of aromatic nitrogens is 1. The van der Waals surface area contributed by atoms with Crippen molar-refractivity contribution in [1.82, 2.24) is 30.3 Å². The number of ether oxygens (including phenoxy) is 1. The average Bonchev–Trinajstić information content (AvgIpc) is 4.19. The maximum absolute atomic E-state index is 14.5. The van der Waals surface area contributed by atoms with Crippen molar-refractivity contribution in [3.05, 3.63) is 135 Å². The normalized spacial score (nSPS) is 21.3. The summed E-state index contributed by atoms with van der Waals surface area (Å²) in [5, 5.41) is 26.1. The fraction of sp³-hybridized carbons (Fsp3) is 0.458. The monoisotopic (exact) mass is 1070 g/mol. The lowest BCUT2D eigenvalue weighted by molar-refractivity contribution is -0.164. The van der Waals surface area contributed by atoms with Crippen molar-refractivity contribution in [3.63, 3.8) is 0 Å². The van der Waals surface area contributed by atoms with Crippen molar-refractivity contribution in [2.24, 2.45) is 16.7 Å². The number of aliphatic hydroxyl groups is 1. The maximum atomic E-state index is 14.5. The van der Waals surface area contributed by atoms with E-state index in [1.807, 2.05) is 121 Å². The Labute approximate surface area is 452 Å². The number of fused-ring (bicyclic) bond motifs is 1. The molecule has 4 aromatic carbocycles. The van der Waals surface area contributed by atoms with Crippen LogP contribution < -0.4 is 20.3 Å². The molecule has 0 unspecified atom stereocenters. The maximum Gasteiger partial charge on any atom is 0.417 e. The molecule has 1 aromatic heterocycles. The number of hydrogen-bond donors (Lipinski definition) is 3. The number of rotatable bonds is 16. The van der Waals surface area contributed by atoms with Crippen LogP contribution >= 0.6 is 11.3 Å². The van der Waals surface area contributed by atoms with Gasteiger partial charge in [-0.3, -0.25) is 24.1 Å². The van der Waals surface area contributed by atoms with Crippen LogP contribution in [0.1, 0.15) is 109 Å². The second-order valence-corrected chi connectivity index (χ2v) is 23.4. The molecule has 0 spiro atoms. The third kappa shape index (κ3) is 11.3. The minimum Gasteiger partial charge on any atom is -0.489 e. The summed E-state index contributed by atoms with van der Waals surface area (Å²) in [6.07, 6.45) is -4.22. The minimum absolute atomic E-state index is 0.0103. The van der Waals surface area contributed by atoms with Gasteiger partial charge in [-0.1, -0.05) is 84.0 Å². The Kier molecular flexibility index (Phi) is 15.6. The van der Waals surface area contributed by atoms with Gasteiger partial charge < -0.3 is 35.2 Å². The standard InChI is InChI=1S/C59H67F3N8O6S/c1-35(2)49(54(75)69-33-44(71)28-48(69)52(73)64-31-38-12-14-39(15-13-38)50-36(3)65-34-77-50)70-32-42-18-20-43(27-46(42)53(70)74)68-25-23-67(24-26-68)22-8-9-37-10-16-40(17-11-37)51(72)66-55-57(4,5)56(58(55,6)7)76-45-21-19-41(30-63)47(29-45)59(60,61)62/h10-21,27,29,34-35,44,48-49,55-56,71H,8-9,22-26,28,31-33H2,1-7H3,(H,64,73)(H,66,72)/t44-,48+,49+,55?,56?/m1/s1. The molecule has 3 N–H and O–H groups in total. The molecule has 0 bridgehead atoms. The van der Waals surface area contributed by atoms with Gasteiger partial charge in [0.1, 0.15) is 23.9 Å². The zero-order valence-electron chi connectivity index (χ0n) is 44.6. The van der Waals surface area contributed by atoms with Crippen LogP contribution in [0, 0.1) is 35.0 Å². The number of nitriles is 1. The quantitative estimate of drug-likeness (QED) is 0.0869. The molecule has 14 nitrogen and oxygen atoms in total. The lowest BCUT2D eigenvalue weighted by Crippen LogP contribution is -2.74. The number of anilines is 1. The van der Waals surface area contributed by atoms with E-state index >= 15 is 0 Å². The van der Waals surface area contributed by atoms with Crippen LogP contribution in [0.3, 0.4) is 0 Å². The number of amides is 4. The molecule has 4 aliphatic rings. The summed E-state index contributed by atoms with van der Waals surface area (Å²) in [5.74, 6) is -1.40. The van der Waals surface area contributed by atoms with E-state index in [1.54, 1.807) is 22.3 Å². The van der Waals surface area contributed by atoms with Crippen LogP contribution in [0.15, 0.2) is 90.4 Å². The smallest absolute Gasteiger partial charge is 0.417 e. The van der Waals surface area contributed by atoms with Crippen molar-refractivity contribution in [2.45, 2.75) is 117 Å². The van der Waals surface area contributed by atoms with Crippen LogP contribution in [-0.4, -0.2) is 118 Å². The number of β-amino-alcohol motifs (C(OH)–C–C–N with tert-alkyl or cyclic N) is 1. The van der Waals surface area contributed by atoms with Gasteiger partial charge in [-0.15, -0.1) is 11.3 Å². The highest BCUT2D eigenvalue weighted by atomic mass is 32.1. The lowest BCUT2D eigenvalue weighted by Gasteiger charge is -2.63. The zero-order valence-corrected chi connectivity index (χ0v) is 45.4. The van der Waals surface area contributed by atoms with Crippen molar-refractivity contribution in [3.8, 4) is 22.3 Å². The van der Waals surface area contributed by atoms with Gasteiger partial charge >= 0.3 is 6.18 Å². The number of carbonyl (C=O) groups is 4. The second kappa shape index (κ2) is 21.9. The lowest BCUT2D eigenvalue weighted by atomic mass is 9.49. The number of nitrogens with one attached hydrogen (secondary N) is 2. The fourth-order valence-corrected chi connectivity index (χ4v) is 13.1. The molecular formula is C59H67F3N8O6S. The summed E-state index contributed by atoms with van der Waals surface area (Å²) in [6, 6.07) is 24.4. The number of thiazole rings is 1. The summed E-state index contributed by atoms with van der Waals surface area (Å²) >= 11 is 1.57. The van der Waals surface area contributed by atoms with E-state index in [4.69, 9.17) is 4.74 Å². The number of likely N-dealkylation sites (tertiary alicyclic amines) is 1.